The smallest absolute Gasteiger partial charge is 0.279 e. The van der Waals surface area contributed by atoms with Crippen LogP contribution in [0.4, 0.5) is 0 Å². The Labute approximate surface area is 199 Å². The molecule has 0 saturated carbocycles. The number of unbranched alkanes of at least 4 members (excludes halogenated alkanes) is 2. The van der Waals surface area contributed by atoms with E-state index in [4.69, 9.17) is 4.55 Å². The zero-order valence-electron chi connectivity index (χ0n) is 18.5. The maximum atomic E-state index is 13.4. The fraction of sp³-hybridized carbons (Fsp3) is 0.231. The van der Waals surface area contributed by atoms with E-state index in [1.54, 1.807) is 24.3 Å². The third kappa shape index (κ3) is 4.72. The summed E-state index contributed by atoms with van der Waals surface area (Å²) >= 11 is 0. The first-order valence-electron chi connectivity index (χ1n) is 11.0. The largest absolute Gasteiger partial charge is 0.286 e. The van der Waals surface area contributed by atoms with Crippen molar-refractivity contribution in [3.63, 3.8) is 0 Å². The summed E-state index contributed by atoms with van der Waals surface area (Å²) in [7, 11) is -8.80. The zero-order chi connectivity index (χ0) is 24.4. The molecular formula is C26H26O6S2. The summed E-state index contributed by atoms with van der Waals surface area (Å²) in [6, 6.07) is 25.7. The Balaban J connectivity index is 1.95. The molecule has 0 amide bonds. The van der Waals surface area contributed by atoms with Gasteiger partial charge in [0.2, 0.25) is 0 Å². The summed E-state index contributed by atoms with van der Waals surface area (Å²) in [5.41, 5.74) is 0.943. The van der Waals surface area contributed by atoms with E-state index >= 15 is 0 Å². The minimum Gasteiger partial charge on any atom is -0.286 e. The second-order valence-electron chi connectivity index (χ2n) is 8.45. The molecule has 0 fully saturated rings. The number of benzene rings is 4. The van der Waals surface area contributed by atoms with Gasteiger partial charge < -0.3 is 0 Å². The average molecular weight is 499 g/mol. The molecule has 0 heterocycles. The molecule has 4 aromatic carbocycles. The Kier molecular flexibility index (Phi) is 6.78. The molecule has 4 rings (SSSR count). The third-order valence-corrected chi connectivity index (χ3v) is 8.65. The maximum Gasteiger partial charge on any atom is 0.279 e. The highest BCUT2D eigenvalue weighted by Gasteiger charge is 2.47. The normalized spacial score (nSPS) is 12.9. The van der Waals surface area contributed by atoms with Gasteiger partial charge in [-0.3, -0.25) is 9.11 Å². The van der Waals surface area contributed by atoms with Gasteiger partial charge in [0.1, 0.15) is 4.75 Å². The number of hydrogen-bond acceptors (Lipinski definition) is 4. The van der Waals surface area contributed by atoms with E-state index in [0.717, 1.165) is 10.8 Å². The van der Waals surface area contributed by atoms with Crippen molar-refractivity contribution in [2.75, 3.05) is 5.75 Å². The maximum absolute atomic E-state index is 13.4. The highest BCUT2D eigenvalue weighted by atomic mass is 32.2. The molecule has 0 aliphatic carbocycles. The summed E-state index contributed by atoms with van der Waals surface area (Å²) in [6.07, 6.45) is 0.916. The molecule has 34 heavy (non-hydrogen) atoms. The lowest BCUT2D eigenvalue weighted by atomic mass is 9.81. The molecule has 0 aliphatic heterocycles. The fourth-order valence-electron chi connectivity index (χ4n) is 4.81. The van der Waals surface area contributed by atoms with Crippen molar-refractivity contribution >= 4 is 41.8 Å². The van der Waals surface area contributed by atoms with Crippen LogP contribution in [0.25, 0.3) is 21.5 Å². The Hall–Kier alpha value is -2.78. The lowest BCUT2D eigenvalue weighted by Crippen LogP contribution is -2.37. The number of rotatable bonds is 9. The van der Waals surface area contributed by atoms with Crippen LogP contribution in [0.2, 0.25) is 0 Å². The monoisotopic (exact) mass is 498 g/mol. The van der Waals surface area contributed by atoms with Crippen molar-refractivity contribution in [2.45, 2.75) is 30.4 Å². The van der Waals surface area contributed by atoms with Crippen LogP contribution < -0.4 is 0 Å². The number of fused-ring (bicyclic) bond motifs is 2. The molecule has 0 spiro atoms. The molecule has 8 heteroatoms. The first kappa shape index (κ1) is 24.3. The molecule has 178 valence electrons. The van der Waals surface area contributed by atoms with E-state index in [9.17, 15) is 21.4 Å². The summed E-state index contributed by atoms with van der Waals surface area (Å²) < 4.78 is 67.1. The van der Waals surface area contributed by atoms with Gasteiger partial charge in [-0.2, -0.15) is 16.8 Å². The fourth-order valence-corrected chi connectivity index (χ4v) is 6.69. The summed E-state index contributed by atoms with van der Waals surface area (Å²) in [5.74, 6) is -0.394. The van der Waals surface area contributed by atoms with Crippen LogP contribution >= 0.6 is 0 Å². The minimum absolute atomic E-state index is 0.0410. The predicted molar refractivity (Wildman–Crippen MR) is 135 cm³/mol. The molecule has 4 aromatic rings. The van der Waals surface area contributed by atoms with Crippen LogP contribution in [0.3, 0.4) is 0 Å². The Morgan fingerprint density at radius 2 is 1.06 bits per heavy atom. The second-order valence-corrected chi connectivity index (χ2v) is 11.7. The van der Waals surface area contributed by atoms with Crippen molar-refractivity contribution in [3.05, 3.63) is 96.1 Å². The highest BCUT2D eigenvalue weighted by molar-refractivity contribution is 7.87. The minimum atomic E-state index is -4.70. The third-order valence-electron chi connectivity index (χ3n) is 6.32. The molecule has 6 nitrogen and oxygen atoms in total. The van der Waals surface area contributed by atoms with Crippen LogP contribution in [0.5, 0.6) is 0 Å². The quantitative estimate of drug-likeness (QED) is 0.231. The van der Waals surface area contributed by atoms with Gasteiger partial charge in [0.15, 0.2) is 0 Å². The highest BCUT2D eigenvalue weighted by Crippen LogP contribution is 2.47. The van der Waals surface area contributed by atoms with Gasteiger partial charge in [-0.05, 0) is 45.5 Å². The summed E-state index contributed by atoms with van der Waals surface area (Å²) in [6.45, 7) is 0. The van der Waals surface area contributed by atoms with Crippen LogP contribution in [0.1, 0.15) is 36.8 Å². The van der Waals surface area contributed by atoms with Gasteiger partial charge in [-0.15, -0.1) is 0 Å². The van der Waals surface area contributed by atoms with Crippen molar-refractivity contribution in [3.8, 4) is 0 Å². The Morgan fingerprint density at radius 1 is 0.588 bits per heavy atom. The van der Waals surface area contributed by atoms with Crippen molar-refractivity contribution in [1.82, 2.24) is 0 Å². The predicted octanol–water partition coefficient (Wildman–Crippen LogP) is 5.57. The van der Waals surface area contributed by atoms with Crippen molar-refractivity contribution in [2.24, 2.45) is 0 Å². The SMILES string of the molecule is O=S(=O)(O)CCCCCC(c1cccc2ccccc12)(c1cccc2ccccc12)S(=O)(=O)O. The van der Waals surface area contributed by atoms with Gasteiger partial charge in [-0.25, -0.2) is 0 Å². The van der Waals surface area contributed by atoms with E-state index in [-0.39, 0.29) is 12.8 Å². The average Bonchev–Trinajstić information content (AvgIpc) is 2.79. The molecular weight excluding hydrogens is 472 g/mol. The van der Waals surface area contributed by atoms with E-state index in [2.05, 4.69) is 0 Å². The Morgan fingerprint density at radius 3 is 1.53 bits per heavy atom. The van der Waals surface area contributed by atoms with Crippen LogP contribution in [-0.4, -0.2) is 31.7 Å². The van der Waals surface area contributed by atoms with Gasteiger partial charge in [0, 0.05) is 0 Å². The van der Waals surface area contributed by atoms with Crippen molar-refractivity contribution < 1.29 is 25.9 Å². The second kappa shape index (κ2) is 9.46. The zero-order valence-corrected chi connectivity index (χ0v) is 20.1. The van der Waals surface area contributed by atoms with Gasteiger partial charge in [0.05, 0.1) is 5.75 Å². The molecule has 0 bridgehead atoms. The molecule has 0 aliphatic rings. The van der Waals surface area contributed by atoms with Gasteiger partial charge in [-0.1, -0.05) is 97.8 Å². The molecule has 0 aromatic heterocycles. The summed E-state index contributed by atoms with van der Waals surface area (Å²) in [4.78, 5) is 0. The molecule has 0 unspecified atom stereocenters. The first-order chi connectivity index (χ1) is 16.1. The van der Waals surface area contributed by atoms with E-state index in [1.807, 2.05) is 60.7 Å². The van der Waals surface area contributed by atoms with Gasteiger partial charge >= 0.3 is 0 Å². The van der Waals surface area contributed by atoms with Crippen LogP contribution in [-0.2, 0) is 25.0 Å². The lowest BCUT2D eigenvalue weighted by Gasteiger charge is -2.34. The standard InChI is InChI=1S/C26H26O6S2/c27-33(28,29)19-7-1-6-18-26(34(30,31)32,24-16-8-12-20-10-2-4-14-22(20)24)25-17-9-13-21-11-3-5-15-23(21)25/h2-5,8-17H,1,6-7,18-19H2,(H,27,28,29)(H,30,31,32). The van der Waals surface area contributed by atoms with Gasteiger partial charge in [0.25, 0.3) is 20.2 Å². The van der Waals surface area contributed by atoms with E-state index in [1.165, 1.54) is 0 Å². The van der Waals surface area contributed by atoms with Crippen molar-refractivity contribution in [1.29, 1.82) is 0 Å². The van der Waals surface area contributed by atoms with Crippen LogP contribution in [0.15, 0.2) is 84.9 Å². The molecule has 0 radical (unpaired) electrons. The van der Waals surface area contributed by atoms with E-state index in [0.29, 0.717) is 34.7 Å². The van der Waals surface area contributed by atoms with Crippen LogP contribution in [0, 0.1) is 0 Å². The Bertz CT molecular complexity index is 1450. The van der Waals surface area contributed by atoms with E-state index < -0.39 is 30.7 Å². The molecule has 0 saturated heterocycles. The molecule has 2 N–H and O–H groups in total. The number of hydrogen-bond donors (Lipinski definition) is 2. The first-order valence-corrected chi connectivity index (χ1v) is 14.1. The molecule has 0 atom stereocenters. The summed E-state index contributed by atoms with van der Waals surface area (Å²) in [5, 5.41) is 3.13. The lowest BCUT2D eigenvalue weighted by molar-refractivity contribution is 0.429. The topological polar surface area (TPSA) is 109 Å².